The van der Waals surface area contributed by atoms with Crippen molar-refractivity contribution in [3.8, 4) is 17.4 Å². The molecule has 0 saturated carbocycles. The number of anilines is 1. The molecule has 1 fully saturated rings. The summed E-state index contributed by atoms with van der Waals surface area (Å²) >= 11 is 0. The van der Waals surface area contributed by atoms with Crippen LogP contribution in [0.1, 0.15) is 36.2 Å². The Balaban J connectivity index is 1.35. The maximum absolute atomic E-state index is 12.4. The van der Waals surface area contributed by atoms with Crippen LogP contribution in [0.3, 0.4) is 0 Å². The molecule has 0 bridgehead atoms. The predicted octanol–water partition coefficient (Wildman–Crippen LogP) is 2.66. The van der Waals surface area contributed by atoms with Crippen molar-refractivity contribution in [2.24, 2.45) is 0 Å². The number of ether oxygens (including phenoxy) is 1. The van der Waals surface area contributed by atoms with Crippen molar-refractivity contribution in [1.29, 1.82) is 0 Å². The van der Waals surface area contributed by atoms with Crippen molar-refractivity contribution in [1.82, 2.24) is 24.9 Å². The average Bonchev–Trinajstić information content (AvgIpc) is 3.07. The molecule has 12 heteroatoms. The summed E-state index contributed by atoms with van der Waals surface area (Å²) in [7, 11) is -3.76. The lowest BCUT2D eigenvalue weighted by Gasteiger charge is -2.24. The van der Waals surface area contributed by atoms with Gasteiger partial charge in [-0.15, -0.1) is 10.2 Å². The largest absolute Gasteiger partial charge is 0.438 e. The lowest BCUT2D eigenvalue weighted by Crippen LogP contribution is -2.43. The fourth-order valence-electron chi connectivity index (χ4n) is 3.63. The third-order valence-corrected chi connectivity index (χ3v) is 7.08. The van der Waals surface area contributed by atoms with Gasteiger partial charge in [-0.25, -0.2) is 13.1 Å². The molecule has 4 rings (SSSR count). The summed E-state index contributed by atoms with van der Waals surface area (Å²) in [6.07, 6.45) is 1.03. The van der Waals surface area contributed by atoms with Crippen LogP contribution in [0, 0.1) is 20.8 Å². The lowest BCUT2D eigenvalue weighted by molar-refractivity contribution is -0.147. The van der Waals surface area contributed by atoms with E-state index < -0.39 is 10.0 Å². The number of sulfonamides is 1. The molecule has 1 aliphatic heterocycles. The van der Waals surface area contributed by atoms with Gasteiger partial charge in [-0.3, -0.25) is 19.2 Å². The molecule has 0 unspecified atom stereocenters. The summed E-state index contributed by atoms with van der Waals surface area (Å²) in [5.74, 6) is 0.249. The van der Waals surface area contributed by atoms with E-state index in [0.29, 0.717) is 23.7 Å². The quantitative estimate of drug-likeness (QED) is 0.468. The fourth-order valence-corrected chi connectivity index (χ4v) is 4.65. The first-order valence-electron chi connectivity index (χ1n) is 11.1. The van der Waals surface area contributed by atoms with Gasteiger partial charge in [0.1, 0.15) is 5.75 Å². The van der Waals surface area contributed by atoms with E-state index in [2.05, 4.69) is 20.0 Å². The molecule has 11 nitrogen and oxygen atoms in total. The Kier molecular flexibility index (Phi) is 6.83. The summed E-state index contributed by atoms with van der Waals surface area (Å²) in [5.41, 5.74) is 3.33. The van der Waals surface area contributed by atoms with Crippen LogP contribution in [0.15, 0.2) is 36.4 Å². The molecule has 184 valence electrons. The summed E-state index contributed by atoms with van der Waals surface area (Å²) < 4.78 is 34.7. The van der Waals surface area contributed by atoms with Crippen LogP contribution in [0.25, 0.3) is 5.82 Å². The second-order valence-corrected chi connectivity index (χ2v) is 10.1. The summed E-state index contributed by atoms with van der Waals surface area (Å²) in [5, 5.41) is 12.7. The van der Waals surface area contributed by atoms with E-state index in [4.69, 9.17) is 4.74 Å². The van der Waals surface area contributed by atoms with Gasteiger partial charge < -0.3 is 4.74 Å². The van der Waals surface area contributed by atoms with Crippen LogP contribution >= 0.6 is 0 Å². The van der Waals surface area contributed by atoms with Gasteiger partial charge in [-0.05, 0) is 63.1 Å². The van der Waals surface area contributed by atoms with Crippen LogP contribution in [0.2, 0.25) is 0 Å². The van der Waals surface area contributed by atoms with Crippen molar-refractivity contribution in [2.75, 3.05) is 17.0 Å². The number of amides is 2. The van der Waals surface area contributed by atoms with Crippen molar-refractivity contribution in [2.45, 2.75) is 40.0 Å². The molecule has 0 spiro atoms. The minimum absolute atomic E-state index is 0.167. The van der Waals surface area contributed by atoms with E-state index in [1.807, 2.05) is 20.8 Å². The maximum atomic E-state index is 12.4. The van der Waals surface area contributed by atoms with Gasteiger partial charge in [0, 0.05) is 36.8 Å². The molecule has 0 atom stereocenters. The van der Waals surface area contributed by atoms with Crippen LogP contribution in [-0.4, -0.2) is 57.4 Å². The van der Waals surface area contributed by atoms with Gasteiger partial charge >= 0.3 is 0 Å². The zero-order valence-electron chi connectivity index (χ0n) is 19.7. The molecule has 3 heterocycles. The molecule has 2 aromatic heterocycles. The third kappa shape index (κ3) is 5.65. The Bertz CT molecular complexity index is 1330. The molecule has 1 aliphatic rings. The number of piperidine rings is 1. The van der Waals surface area contributed by atoms with E-state index in [9.17, 15) is 18.0 Å². The average molecular weight is 499 g/mol. The van der Waals surface area contributed by atoms with Gasteiger partial charge in [-0.2, -0.15) is 5.10 Å². The van der Waals surface area contributed by atoms with Crippen molar-refractivity contribution < 1.29 is 22.7 Å². The van der Waals surface area contributed by atoms with Crippen molar-refractivity contribution in [3.63, 3.8) is 0 Å². The van der Waals surface area contributed by atoms with Gasteiger partial charge in [-0.1, -0.05) is 0 Å². The third-order valence-electron chi connectivity index (χ3n) is 5.81. The second kappa shape index (κ2) is 9.82. The molecule has 1 aromatic carbocycles. The number of aryl methyl sites for hydroxylation is 1. The number of hydrogen-bond donors (Lipinski definition) is 1. The molecular formula is C23H26N6O5S. The van der Waals surface area contributed by atoms with Crippen LogP contribution < -0.4 is 9.46 Å². The highest BCUT2D eigenvalue weighted by Crippen LogP contribution is 2.23. The lowest BCUT2D eigenvalue weighted by atomic mass is 10.1. The Morgan fingerprint density at radius 1 is 0.971 bits per heavy atom. The first-order valence-corrected chi connectivity index (χ1v) is 12.8. The summed E-state index contributed by atoms with van der Waals surface area (Å²) in [4.78, 5) is 24.7. The number of carbonyl (C=O) groups excluding carboxylic acids is 2. The Morgan fingerprint density at radius 3 is 2.23 bits per heavy atom. The van der Waals surface area contributed by atoms with Gasteiger partial charge in [0.2, 0.25) is 27.7 Å². The molecule has 1 N–H and O–H groups in total. The van der Waals surface area contributed by atoms with Gasteiger partial charge in [0.25, 0.3) is 0 Å². The minimum atomic E-state index is -3.76. The van der Waals surface area contributed by atoms with E-state index in [1.54, 1.807) is 41.1 Å². The molecule has 3 aromatic rings. The van der Waals surface area contributed by atoms with E-state index in [0.717, 1.165) is 21.9 Å². The van der Waals surface area contributed by atoms with Crippen molar-refractivity contribution in [3.05, 3.63) is 53.3 Å². The van der Waals surface area contributed by atoms with Gasteiger partial charge in [0.05, 0.1) is 11.4 Å². The minimum Gasteiger partial charge on any atom is -0.438 e. The van der Waals surface area contributed by atoms with Crippen LogP contribution in [-0.2, 0) is 19.6 Å². The highest BCUT2D eigenvalue weighted by Gasteiger charge is 2.27. The highest BCUT2D eigenvalue weighted by atomic mass is 32.2. The number of hydrogen-bond acceptors (Lipinski definition) is 8. The summed E-state index contributed by atoms with van der Waals surface area (Å²) in [6.45, 7) is 5.73. The van der Waals surface area contributed by atoms with Gasteiger partial charge in [0.15, 0.2) is 5.82 Å². The normalized spacial score (nSPS) is 14.3. The number of aromatic nitrogens is 4. The SMILES string of the molecule is Cc1nn(-c2ccc(Oc3ccc(NS(=O)(=O)CCN4C(=O)CCCC4=O)cc3)nn2)c(C)c1C. The number of benzene rings is 1. The number of rotatable bonds is 8. The number of carbonyl (C=O) groups is 2. The molecule has 2 amide bonds. The molecule has 0 radical (unpaired) electrons. The zero-order valence-corrected chi connectivity index (χ0v) is 20.5. The maximum Gasteiger partial charge on any atom is 0.238 e. The zero-order chi connectivity index (χ0) is 25.2. The molecule has 0 aliphatic carbocycles. The first kappa shape index (κ1) is 24.3. The standard InChI is InChI=1S/C23H26N6O5S/c1-15-16(2)26-29(17(15)3)20-11-12-21(25-24-20)34-19-9-7-18(8-10-19)27-35(32,33)14-13-28-22(30)5-4-6-23(28)31/h7-12,27H,4-6,13-14H2,1-3H3. The number of nitrogens with zero attached hydrogens (tertiary/aromatic N) is 5. The first-order chi connectivity index (χ1) is 16.6. The van der Waals surface area contributed by atoms with Crippen molar-refractivity contribution >= 4 is 27.5 Å². The van der Waals surface area contributed by atoms with E-state index in [-0.39, 0.29) is 42.8 Å². The monoisotopic (exact) mass is 498 g/mol. The molecule has 1 saturated heterocycles. The highest BCUT2D eigenvalue weighted by molar-refractivity contribution is 7.92. The summed E-state index contributed by atoms with van der Waals surface area (Å²) in [6, 6.07) is 9.70. The molecule has 35 heavy (non-hydrogen) atoms. The Morgan fingerprint density at radius 2 is 1.66 bits per heavy atom. The number of nitrogens with one attached hydrogen (secondary N) is 1. The second-order valence-electron chi connectivity index (χ2n) is 8.28. The van der Waals surface area contributed by atoms with Crippen LogP contribution in [0.4, 0.5) is 5.69 Å². The van der Waals surface area contributed by atoms with E-state index >= 15 is 0 Å². The topological polar surface area (TPSA) is 136 Å². The predicted molar refractivity (Wildman–Crippen MR) is 128 cm³/mol. The Labute approximate surface area is 203 Å². The molecular weight excluding hydrogens is 472 g/mol. The van der Waals surface area contributed by atoms with E-state index in [1.165, 1.54) is 0 Å². The smallest absolute Gasteiger partial charge is 0.238 e. The van der Waals surface area contributed by atoms with Crippen LogP contribution in [0.5, 0.6) is 11.6 Å². The fraction of sp³-hybridized carbons (Fsp3) is 0.348. The number of imide groups is 1. The number of likely N-dealkylation sites (tertiary alicyclic amines) is 1. The Hall–Kier alpha value is -3.80.